The molecule has 0 radical (unpaired) electrons. The van der Waals surface area contributed by atoms with Crippen LogP contribution >= 0.6 is 0 Å². The molecule has 0 atom stereocenters. The number of aromatic nitrogens is 6. The van der Waals surface area contributed by atoms with Gasteiger partial charge in [0.1, 0.15) is 11.5 Å². The van der Waals surface area contributed by atoms with E-state index in [2.05, 4.69) is 34.9 Å². The molecule has 0 spiro atoms. The van der Waals surface area contributed by atoms with Gasteiger partial charge in [0.15, 0.2) is 5.65 Å². The molecule has 0 aliphatic heterocycles. The third-order valence-corrected chi connectivity index (χ3v) is 6.69. The molecule has 9 nitrogen and oxygen atoms in total. The molecule has 3 N–H and O–H groups in total. The lowest BCUT2D eigenvalue weighted by Crippen LogP contribution is -2.21. The third kappa shape index (κ3) is 4.57. The second kappa shape index (κ2) is 8.87. The first-order chi connectivity index (χ1) is 17.8. The second-order valence-electron chi connectivity index (χ2n) is 8.71. The van der Waals surface area contributed by atoms with Gasteiger partial charge >= 0.3 is 0 Å². The zero-order valence-electron chi connectivity index (χ0n) is 19.5. The number of halogens is 1. The first kappa shape index (κ1) is 23.0. The van der Waals surface area contributed by atoms with Gasteiger partial charge in [0, 0.05) is 58.8 Å². The van der Waals surface area contributed by atoms with E-state index in [1.807, 2.05) is 24.3 Å². The Bertz CT molecular complexity index is 1880. The van der Waals surface area contributed by atoms with Gasteiger partial charge in [-0.1, -0.05) is 6.07 Å². The minimum absolute atomic E-state index is 0.0170. The summed E-state index contributed by atoms with van der Waals surface area (Å²) in [4.78, 5) is 16.4. The molecule has 0 aliphatic carbocycles. The van der Waals surface area contributed by atoms with Gasteiger partial charge in [0.05, 0.1) is 23.7 Å². The molecule has 0 unspecified atom stereocenters. The number of hydrogen-bond acceptors (Lipinski definition) is 6. The van der Waals surface area contributed by atoms with Crippen LogP contribution in [-0.2, 0) is 16.6 Å². The summed E-state index contributed by atoms with van der Waals surface area (Å²) >= 11 is 0. The molecule has 37 heavy (non-hydrogen) atoms. The summed E-state index contributed by atoms with van der Waals surface area (Å²) < 4.78 is 39.9. The number of H-pyrrole nitrogens is 2. The standard InChI is InChI=1S/C26H20FN7O2S/c1-37(35,36)31-10-15-5-17(7-19(27)6-15)22-13-29-14-24-20(22)9-23(32-24)25-21-8-18(12-30-26(21)34-33-25)16-3-2-4-28-11-16/h2-9,11-14,31-32H,10H2,1H3,(H,30,33,34). The van der Waals surface area contributed by atoms with E-state index in [1.165, 1.54) is 12.1 Å². The van der Waals surface area contributed by atoms with Crippen molar-refractivity contribution in [2.75, 3.05) is 6.26 Å². The zero-order chi connectivity index (χ0) is 25.6. The normalized spacial score (nSPS) is 11.9. The lowest BCUT2D eigenvalue weighted by atomic mass is 10.0. The van der Waals surface area contributed by atoms with E-state index in [4.69, 9.17) is 0 Å². The number of rotatable bonds is 6. The number of benzene rings is 1. The molecule has 184 valence electrons. The predicted octanol–water partition coefficient (Wildman–Crippen LogP) is 4.42. The molecule has 11 heteroatoms. The predicted molar refractivity (Wildman–Crippen MR) is 139 cm³/mol. The smallest absolute Gasteiger partial charge is 0.209 e. The second-order valence-corrected chi connectivity index (χ2v) is 10.5. The SMILES string of the molecule is CS(=O)(=O)NCc1cc(F)cc(-c2cncc3[nH]c(-c4n[nH]c5ncc(-c6cccnc6)cc45)cc23)c1. The number of hydrogen-bond donors (Lipinski definition) is 3. The summed E-state index contributed by atoms with van der Waals surface area (Å²) in [6, 6.07) is 12.3. The van der Waals surface area contributed by atoms with Gasteiger partial charge in [-0.3, -0.25) is 15.1 Å². The van der Waals surface area contributed by atoms with Crippen LogP contribution in [-0.4, -0.2) is 44.8 Å². The molecule has 0 saturated carbocycles. The monoisotopic (exact) mass is 513 g/mol. The van der Waals surface area contributed by atoms with Crippen molar-refractivity contribution in [1.82, 2.24) is 34.9 Å². The Morgan fingerprint density at radius 1 is 0.946 bits per heavy atom. The Labute approximate surface area is 210 Å². The Morgan fingerprint density at radius 3 is 2.65 bits per heavy atom. The lowest BCUT2D eigenvalue weighted by molar-refractivity contribution is 0.586. The molecule has 0 fully saturated rings. The number of pyridine rings is 3. The summed E-state index contributed by atoms with van der Waals surface area (Å²) in [5, 5.41) is 9.13. The van der Waals surface area contributed by atoms with Crippen molar-refractivity contribution in [3.05, 3.63) is 84.8 Å². The zero-order valence-corrected chi connectivity index (χ0v) is 20.3. The fraction of sp³-hybridized carbons (Fsp3) is 0.0769. The van der Waals surface area contributed by atoms with Crippen molar-refractivity contribution < 1.29 is 12.8 Å². The Kier molecular flexibility index (Phi) is 5.50. The average molecular weight is 514 g/mol. The fourth-order valence-corrected chi connectivity index (χ4v) is 4.76. The summed E-state index contributed by atoms with van der Waals surface area (Å²) in [5.74, 6) is -0.470. The molecule has 1 aromatic carbocycles. The van der Waals surface area contributed by atoms with Crippen LogP contribution in [0.1, 0.15) is 5.56 Å². The largest absolute Gasteiger partial charge is 0.352 e. The highest BCUT2D eigenvalue weighted by Crippen LogP contribution is 2.34. The maximum Gasteiger partial charge on any atom is 0.209 e. The van der Waals surface area contributed by atoms with Crippen molar-refractivity contribution in [1.29, 1.82) is 0 Å². The van der Waals surface area contributed by atoms with Crippen LogP contribution in [0.5, 0.6) is 0 Å². The summed E-state index contributed by atoms with van der Waals surface area (Å²) in [6.07, 6.45) is 9.69. The quantitative estimate of drug-likeness (QED) is 0.302. The lowest BCUT2D eigenvalue weighted by Gasteiger charge is -2.08. The van der Waals surface area contributed by atoms with Crippen molar-refractivity contribution >= 4 is 32.0 Å². The number of sulfonamides is 1. The highest BCUT2D eigenvalue weighted by Gasteiger charge is 2.16. The molecular weight excluding hydrogens is 493 g/mol. The van der Waals surface area contributed by atoms with E-state index in [9.17, 15) is 12.8 Å². The Balaban J connectivity index is 1.44. The molecule has 0 saturated heterocycles. The van der Waals surface area contributed by atoms with Crippen molar-refractivity contribution in [2.24, 2.45) is 0 Å². The van der Waals surface area contributed by atoms with Crippen molar-refractivity contribution in [2.45, 2.75) is 6.54 Å². The highest BCUT2D eigenvalue weighted by atomic mass is 32.2. The van der Waals surface area contributed by atoms with Gasteiger partial charge in [-0.05, 0) is 47.5 Å². The van der Waals surface area contributed by atoms with E-state index in [-0.39, 0.29) is 6.54 Å². The van der Waals surface area contributed by atoms with Crippen LogP contribution in [0, 0.1) is 5.82 Å². The minimum atomic E-state index is -3.42. The average Bonchev–Trinajstić information content (AvgIpc) is 3.51. The van der Waals surface area contributed by atoms with Gasteiger partial charge in [0.2, 0.25) is 10.0 Å². The molecule has 5 heterocycles. The van der Waals surface area contributed by atoms with Gasteiger partial charge in [-0.2, -0.15) is 5.10 Å². The number of aromatic amines is 2. The summed E-state index contributed by atoms with van der Waals surface area (Å²) in [7, 11) is -3.42. The maximum atomic E-state index is 14.5. The van der Waals surface area contributed by atoms with E-state index >= 15 is 0 Å². The van der Waals surface area contributed by atoms with Crippen LogP contribution < -0.4 is 4.72 Å². The number of nitrogens with one attached hydrogen (secondary N) is 3. The van der Waals surface area contributed by atoms with Crippen molar-refractivity contribution in [3.63, 3.8) is 0 Å². The third-order valence-electron chi connectivity index (χ3n) is 6.02. The maximum absolute atomic E-state index is 14.5. The van der Waals surface area contributed by atoms with Crippen molar-refractivity contribution in [3.8, 4) is 33.6 Å². The van der Waals surface area contributed by atoms with Gasteiger partial charge < -0.3 is 4.98 Å². The van der Waals surface area contributed by atoms with Crippen LogP contribution in [0.4, 0.5) is 4.39 Å². The first-order valence-corrected chi connectivity index (χ1v) is 13.2. The molecule has 5 aromatic heterocycles. The van der Waals surface area contributed by atoms with Gasteiger partial charge in [-0.25, -0.2) is 22.5 Å². The topological polar surface area (TPSA) is 129 Å². The van der Waals surface area contributed by atoms with Crippen LogP contribution in [0.3, 0.4) is 0 Å². The summed E-state index contributed by atoms with van der Waals surface area (Å²) in [5.41, 5.74) is 6.48. The molecule has 0 bridgehead atoms. The van der Waals surface area contributed by atoms with Gasteiger partial charge in [-0.15, -0.1) is 0 Å². The highest BCUT2D eigenvalue weighted by molar-refractivity contribution is 7.88. The fourth-order valence-electron chi connectivity index (χ4n) is 4.33. The molecule has 0 aliphatic rings. The minimum Gasteiger partial charge on any atom is -0.352 e. The molecule has 6 aromatic rings. The first-order valence-electron chi connectivity index (χ1n) is 11.3. The van der Waals surface area contributed by atoms with Crippen LogP contribution in [0.15, 0.2) is 73.4 Å². The molecular formula is C26H20FN7O2S. The van der Waals surface area contributed by atoms with E-state index in [0.717, 1.165) is 39.4 Å². The molecule has 0 amide bonds. The summed E-state index contributed by atoms with van der Waals surface area (Å²) in [6.45, 7) is -0.0170. The van der Waals surface area contributed by atoms with Gasteiger partial charge in [0.25, 0.3) is 0 Å². The number of fused-ring (bicyclic) bond motifs is 2. The Morgan fingerprint density at radius 2 is 1.84 bits per heavy atom. The molecule has 6 rings (SSSR count). The van der Waals surface area contributed by atoms with Crippen LogP contribution in [0.25, 0.3) is 55.6 Å². The van der Waals surface area contributed by atoms with E-state index in [0.29, 0.717) is 28.0 Å². The Hall–Kier alpha value is -4.48. The number of nitrogens with zero attached hydrogens (tertiary/aromatic N) is 4. The van der Waals surface area contributed by atoms with Crippen LogP contribution in [0.2, 0.25) is 0 Å². The van der Waals surface area contributed by atoms with E-state index < -0.39 is 15.8 Å². The van der Waals surface area contributed by atoms with E-state index in [1.54, 1.807) is 37.1 Å².